The first-order valence-corrected chi connectivity index (χ1v) is 14.6. The predicted molar refractivity (Wildman–Crippen MR) is 153 cm³/mol. The van der Waals surface area contributed by atoms with Gasteiger partial charge in [-0.15, -0.1) is 0 Å². The summed E-state index contributed by atoms with van der Waals surface area (Å²) >= 11 is 0. The molecule has 1 aromatic carbocycles. The molecule has 2 fully saturated rings. The Morgan fingerprint density at radius 1 is 0.800 bits per heavy atom. The second kappa shape index (κ2) is 16.2. The topological polar surface area (TPSA) is 88.5 Å². The van der Waals surface area contributed by atoms with Crippen molar-refractivity contribution in [2.24, 2.45) is 11.8 Å². The molecule has 9 heteroatoms. The lowest BCUT2D eigenvalue weighted by atomic mass is 9.94. The lowest BCUT2D eigenvalue weighted by molar-refractivity contribution is 0.0158. The van der Waals surface area contributed by atoms with Gasteiger partial charge in [0.05, 0.1) is 6.61 Å². The first-order valence-electron chi connectivity index (χ1n) is 14.6. The molecule has 40 heavy (non-hydrogen) atoms. The van der Waals surface area contributed by atoms with Gasteiger partial charge in [0.15, 0.2) is 0 Å². The van der Waals surface area contributed by atoms with E-state index in [0.717, 1.165) is 70.3 Å². The number of aliphatic hydroxyl groups is 1. The summed E-state index contributed by atoms with van der Waals surface area (Å²) in [4.78, 5) is 27.3. The molecule has 0 saturated carbocycles. The second-order valence-electron chi connectivity index (χ2n) is 12.8. The van der Waals surface area contributed by atoms with Crippen LogP contribution in [0.15, 0.2) is 24.3 Å². The molecule has 0 aromatic heterocycles. The van der Waals surface area contributed by atoms with Gasteiger partial charge in [-0.3, -0.25) is 0 Å². The maximum atomic E-state index is 12.8. The minimum atomic E-state index is -0.442. The van der Waals surface area contributed by atoms with Crippen molar-refractivity contribution in [2.45, 2.75) is 97.9 Å². The number of carbonyl (C=O) groups is 2. The zero-order chi connectivity index (χ0) is 29.8. The summed E-state index contributed by atoms with van der Waals surface area (Å²) in [7, 11) is 0. The second-order valence-corrected chi connectivity index (χ2v) is 12.8. The molecule has 0 unspecified atom stereocenters. The molecule has 228 valence electrons. The summed E-state index contributed by atoms with van der Waals surface area (Å²) in [5, 5.41) is 8.84. The minimum absolute atomic E-state index is 0.213. The van der Waals surface area contributed by atoms with E-state index in [4.69, 9.17) is 19.3 Å². The lowest BCUT2D eigenvalue weighted by Crippen LogP contribution is -2.41. The van der Waals surface area contributed by atoms with Gasteiger partial charge < -0.3 is 29.1 Å². The van der Waals surface area contributed by atoms with Gasteiger partial charge in [0, 0.05) is 39.4 Å². The van der Waals surface area contributed by atoms with E-state index in [-0.39, 0.29) is 24.6 Å². The monoisotopic (exact) mass is 566 g/mol. The molecule has 0 atom stereocenters. The van der Waals surface area contributed by atoms with E-state index < -0.39 is 11.2 Å². The summed E-state index contributed by atoms with van der Waals surface area (Å²) in [6.45, 7) is 15.7. The van der Waals surface area contributed by atoms with Crippen molar-refractivity contribution >= 4 is 12.2 Å². The van der Waals surface area contributed by atoms with Gasteiger partial charge >= 0.3 is 12.2 Å². The number of hydrogen-bond acceptors (Lipinski definition) is 6. The Labute approximate surface area is 240 Å². The molecule has 2 saturated heterocycles. The minimum Gasteiger partial charge on any atom is -0.444 e. The zero-order valence-corrected chi connectivity index (χ0v) is 25.4. The summed E-state index contributed by atoms with van der Waals surface area (Å²) in [6, 6.07) is 6.39. The Morgan fingerprint density at radius 2 is 1.23 bits per heavy atom. The molecule has 3 rings (SSSR count). The van der Waals surface area contributed by atoms with Crippen molar-refractivity contribution < 1.29 is 33.3 Å². The SMILES string of the molecule is CC(C)(C)OC(=O)N1CCC(CCO)CC1.CC(C)(C)OC(=O)N1CCC(CCOCc2ccc(F)cc2)CC1. The number of benzene rings is 1. The van der Waals surface area contributed by atoms with Crippen molar-refractivity contribution in [3.05, 3.63) is 35.6 Å². The molecule has 1 N–H and O–H groups in total. The Kier molecular flexibility index (Phi) is 13.7. The quantitative estimate of drug-likeness (QED) is 0.385. The van der Waals surface area contributed by atoms with Crippen LogP contribution in [0.3, 0.4) is 0 Å². The summed E-state index contributed by atoms with van der Waals surface area (Å²) in [6.07, 6.45) is 5.33. The van der Waals surface area contributed by atoms with Gasteiger partial charge in [-0.05, 0) is 110 Å². The number of aliphatic hydroxyl groups excluding tert-OH is 1. The Hall–Kier alpha value is -2.39. The van der Waals surface area contributed by atoms with Gasteiger partial charge in [-0.25, -0.2) is 14.0 Å². The van der Waals surface area contributed by atoms with Crippen LogP contribution in [-0.2, 0) is 20.8 Å². The van der Waals surface area contributed by atoms with E-state index in [9.17, 15) is 14.0 Å². The highest BCUT2D eigenvalue weighted by Crippen LogP contribution is 2.23. The fourth-order valence-corrected chi connectivity index (χ4v) is 4.66. The van der Waals surface area contributed by atoms with Crippen LogP contribution in [0.4, 0.5) is 14.0 Å². The van der Waals surface area contributed by atoms with Gasteiger partial charge in [-0.1, -0.05) is 12.1 Å². The van der Waals surface area contributed by atoms with Crippen LogP contribution in [0.25, 0.3) is 0 Å². The van der Waals surface area contributed by atoms with Gasteiger partial charge in [0.2, 0.25) is 0 Å². The summed E-state index contributed by atoms with van der Waals surface area (Å²) in [5.74, 6) is 0.913. The fraction of sp³-hybridized carbons (Fsp3) is 0.742. The molecular formula is C31H51FN2O6. The molecular weight excluding hydrogens is 515 g/mol. The molecule has 2 aliphatic heterocycles. The summed E-state index contributed by atoms with van der Waals surface area (Å²) < 4.78 is 29.2. The molecule has 0 radical (unpaired) electrons. The number of amides is 2. The number of ether oxygens (including phenoxy) is 3. The largest absolute Gasteiger partial charge is 0.444 e. The van der Waals surface area contributed by atoms with Crippen LogP contribution in [0.2, 0.25) is 0 Å². The predicted octanol–water partition coefficient (Wildman–Crippen LogP) is 6.40. The highest BCUT2D eigenvalue weighted by Gasteiger charge is 2.27. The average molecular weight is 567 g/mol. The van der Waals surface area contributed by atoms with Crippen molar-refractivity contribution in [3.63, 3.8) is 0 Å². The number of halogens is 1. The Bertz CT molecular complexity index is 881. The van der Waals surface area contributed by atoms with E-state index in [1.54, 1.807) is 21.9 Å². The lowest BCUT2D eigenvalue weighted by Gasteiger charge is -2.33. The Morgan fingerprint density at radius 3 is 1.62 bits per heavy atom. The maximum Gasteiger partial charge on any atom is 0.410 e. The molecule has 2 amide bonds. The van der Waals surface area contributed by atoms with Crippen molar-refractivity contribution in [2.75, 3.05) is 39.4 Å². The highest BCUT2D eigenvalue weighted by atomic mass is 19.1. The number of piperidine rings is 2. The van der Waals surface area contributed by atoms with Crippen LogP contribution in [-0.4, -0.2) is 77.7 Å². The number of hydrogen-bond donors (Lipinski definition) is 1. The number of nitrogens with zero attached hydrogens (tertiary/aromatic N) is 2. The van der Waals surface area contributed by atoms with Gasteiger partial charge in [0.25, 0.3) is 0 Å². The molecule has 2 aliphatic rings. The highest BCUT2D eigenvalue weighted by molar-refractivity contribution is 5.68. The third-order valence-electron chi connectivity index (χ3n) is 6.92. The zero-order valence-electron chi connectivity index (χ0n) is 25.4. The first-order chi connectivity index (χ1) is 18.8. The van der Waals surface area contributed by atoms with Crippen LogP contribution in [0, 0.1) is 17.7 Å². The molecule has 0 spiro atoms. The van der Waals surface area contributed by atoms with Crippen molar-refractivity contribution in [1.29, 1.82) is 0 Å². The molecule has 1 aromatic rings. The Balaban J connectivity index is 0.000000305. The first kappa shape index (κ1) is 33.8. The normalized spacial score (nSPS) is 17.2. The van der Waals surface area contributed by atoms with Crippen molar-refractivity contribution in [3.8, 4) is 0 Å². The van der Waals surface area contributed by atoms with E-state index in [1.165, 1.54) is 12.1 Å². The molecule has 0 bridgehead atoms. The maximum absolute atomic E-state index is 12.8. The van der Waals surface area contributed by atoms with E-state index in [0.29, 0.717) is 25.0 Å². The average Bonchev–Trinajstić information content (AvgIpc) is 2.87. The standard InChI is InChI=1S/C19H28FNO3.C12H23NO3/c1-19(2,3)24-18(22)21-11-8-15(9-12-21)10-13-23-14-16-4-6-17(20)7-5-16;1-12(2,3)16-11(15)13-7-4-10(5-8-13)6-9-14/h4-7,15H,8-14H2,1-3H3;10,14H,4-9H2,1-3H3. The number of carbonyl (C=O) groups excluding carboxylic acids is 2. The van der Waals surface area contributed by atoms with Crippen LogP contribution >= 0.6 is 0 Å². The van der Waals surface area contributed by atoms with E-state index >= 15 is 0 Å². The molecule has 2 heterocycles. The van der Waals surface area contributed by atoms with Crippen LogP contribution in [0.5, 0.6) is 0 Å². The van der Waals surface area contributed by atoms with Crippen LogP contribution < -0.4 is 0 Å². The third-order valence-corrected chi connectivity index (χ3v) is 6.92. The third kappa shape index (κ3) is 13.8. The van der Waals surface area contributed by atoms with Gasteiger partial charge in [0.1, 0.15) is 17.0 Å². The van der Waals surface area contributed by atoms with Gasteiger partial charge in [-0.2, -0.15) is 0 Å². The molecule has 8 nitrogen and oxygen atoms in total. The van der Waals surface area contributed by atoms with E-state index in [2.05, 4.69) is 0 Å². The van der Waals surface area contributed by atoms with E-state index in [1.807, 2.05) is 41.5 Å². The number of likely N-dealkylation sites (tertiary alicyclic amines) is 2. The van der Waals surface area contributed by atoms with Crippen LogP contribution in [0.1, 0.15) is 85.6 Å². The van der Waals surface area contributed by atoms with Crippen molar-refractivity contribution in [1.82, 2.24) is 9.80 Å². The number of rotatable bonds is 7. The summed E-state index contributed by atoms with van der Waals surface area (Å²) in [5.41, 5.74) is 0.123. The fourth-order valence-electron chi connectivity index (χ4n) is 4.66. The molecule has 0 aliphatic carbocycles. The smallest absolute Gasteiger partial charge is 0.410 e.